The zero-order chi connectivity index (χ0) is 13.4. The highest BCUT2D eigenvalue weighted by Gasteiger charge is 2.13. The molecule has 0 saturated carbocycles. The van der Waals surface area contributed by atoms with Gasteiger partial charge in [-0.15, -0.1) is 0 Å². The first-order valence-electron chi connectivity index (χ1n) is 7.21. The van der Waals surface area contributed by atoms with Crippen LogP contribution >= 0.6 is 0 Å². The number of hydrogen-bond donors (Lipinski definition) is 1. The van der Waals surface area contributed by atoms with Gasteiger partial charge in [-0.05, 0) is 38.8 Å². The van der Waals surface area contributed by atoms with E-state index in [1.165, 1.54) is 5.56 Å². The first-order chi connectivity index (χ1) is 8.72. The van der Waals surface area contributed by atoms with Crippen molar-refractivity contribution in [2.75, 3.05) is 6.54 Å². The maximum Gasteiger partial charge on any atom is 0.124 e. The number of nitrogens with one attached hydrogen (secondary N) is 1. The molecule has 1 aromatic rings. The molecule has 1 rings (SSSR count). The molecule has 0 spiro atoms. The van der Waals surface area contributed by atoms with Crippen molar-refractivity contribution in [3.8, 4) is 5.75 Å². The number of hydrogen-bond acceptors (Lipinski definition) is 2. The van der Waals surface area contributed by atoms with E-state index in [9.17, 15) is 0 Å². The summed E-state index contributed by atoms with van der Waals surface area (Å²) in [5, 5.41) is 3.52. The van der Waals surface area contributed by atoms with Crippen molar-refractivity contribution in [3.63, 3.8) is 0 Å². The minimum absolute atomic E-state index is 0.324. The Morgan fingerprint density at radius 2 is 1.78 bits per heavy atom. The Bertz CT molecular complexity index is 334. The van der Waals surface area contributed by atoms with Crippen LogP contribution in [0.4, 0.5) is 0 Å². The van der Waals surface area contributed by atoms with Crippen LogP contribution in [0.5, 0.6) is 5.75 Å². The molecule has 102 valence electrons. The molecule has 0 aliphatic rings. The van der Waals surface area contributed by atoms with E-state index in [2.05, 4.69) is 51.2 Å². The van der Waals surface area contributed by atoms with Crippen molar-refractivity contribution >= 4 is 0 Å². The minimum Gasteiger partial charge on any atom is -0.490 e. The monoisotopic (exact) mass is 249 g/mol. The molecule has 2 nitrogen and oxygen atoms in total. The average molecular weight is 249 g/mol. The second-order valence-electron chi connectivity index (χ2n) is 4.77. The molecule has 18 heavy (non-hydrogen) atoms. The highest BCUT2D eigenvalue weighted by Crippen LogP contribution is 2.26. The van der Waals surface area contributed by atoms with Crippen LogP contribution < -0.4 is 10.1 Å². The molecule has 0 amide bonds. The molecule has 1 unspecified atom stereocenters. The first-order valence-corrected chi connectivity index (χ1v) is 7.21. The molecule has 1 aromatic carbocycles. The molecule has 0 radical (unpaired) electrons. The van der Waals surface area contributed by atoms with Gasteiger partial charge in [0.25, 0.3) is 0 Å². The number of benzene rings is 1. The lowest BCUT2D eigenvalue weighted by atomic mass is 10.1. The summed E-state index contributed by atoms with van der Waals surface area (Å²) in [5.74, 6) is 1.03. The Hall–Kier alpha value is -1.02. The Morgan fingerprint density at radius 3 is 2.39 bits per heavy atom. The minimum atomic E-state index is 0.324. The van der Waals surface area contributed by atoms with Crippen molar-refractivity contribution in [1.82, 2.24) is 5.32 Å². The quantitative estimate of drug-likeness (QED) is 0.741. The largest absolute Gasteiger partial charge is 0.490 e. The Morgan fingerprint density at radius 1 is 1.11 bits per heavy atom. The van der Waals surface area contributed by atoms with Gasteiger partial charge in [-0.25, -0.2) is 0 Å². The fraction of sp³-hybridized carbons (Fsp3) is 0.625. The fourth-order valence-electron chi connectivity index (χ4n) is 2.05. The van der Waals surface area contributed by atoms with Crippen molar-refractivity contribution in [2.45, 2.75) is 59.1 Å². The van der Waals surface area contributed by atoms with E-state index in [-0.39, 0.29) is 0 Å². The summed E-state index contributed by atoms with van der Waals surface area (Å²) >= 11 is 0. The van der Waals surface area contributed by atoms with Crippen LogP contribution in [0.2, 0.25) is 0 Å². The topological polar surface area (TPSA) is 21.3 Å². The van der Waals surface area contributed by atoms with Gasteiger partial charge in [-0.1, -0.05) is 39.0 Å². The molecule has 0 bridgehead atoms. The molecular formula is C16H27NO. The number of ether oxygens (including phenoxy) is 1. The van der Waals surface area contributed by atoms with Gasteiger partial charge in [-0.2, -0.15) is 0 Å². The van der Waals surface area contributed by atoms with Crippen molar-refractivity contribution in [1.29, 1.82) is 0 Å². The Kier molecular flexibility index (Phi) is 6.81. The molecular weight excluding hydrogens is 222 g/mol. The lowest BCUT2D eigenvalue weighted by Crippen LogP contribution is -2.21. The standard InChI is InChI=1S/C16H27NO/c1-5-12-17-13(4)15-10-8-9-11-16(15)18-14(6-2)7-3/h8-11,13-14,17H,5-7,12H2,1-4H3. The van der Waals surface area contributed by atoms with Crippen LogP contribution in [0, 0.1) is 0 Å². The second kappa shape index (κ2) is 8.15. The van der Waals surface area contributed by atoms with Crippen LogP contribution in [-0.2, 0) is 0 Å². The highest BCUT2D eigenvalue weighted by molar-refractivity contribution is 5.35. The van der Waals surface area contributed by atoms with Gasteiger partial charge in [0.15, 0.2) is 0 Å². The van der Waals surface area contributed by atoms with Gasteiger partial charge in [0.05, 0.1) is 6.10 Å². The number of para-hydroxylation sites is 1. The van der Waals surface area contributed by atoms with Gasteiger partial charge in [0, 0.05) is 11.6 Å². The van der Waals surface area contributed by atoms with Crippen LogP contribution in [0.15, 0.2) is 24.3 Å². The summed E-state index contributed by atoms with van der Waals surface area (Å²) in [5.41, 5.74) is 1.26. The fourth-order valence-corrected chi connectivity index (χ4v) is 2.05. The van der Waals surface area contributed by atoms with Gasteiger partial charge in [-0.3, -0.25) is 0 Å². The third kappa shape index (κ3) is 4.34. The second-order valence-corrected chi connectivity index (χ2v) is 4.77. The van der Waals surface area contributed by atoms with Crippen molar-refractivity contribution < 1.29 is 4.74 Å². The highest BCUT2D eigenvalue weighted by atomic mass is 16.5. The summed E-state index contributed by atoms with van der Waals surface area (Å²) in [6.07, 6.45) is 3.59. The van der Waals surface area contributed by atoms with E-state index in [1.807, 2.05) is 6.07 Å². The van der Waals surface area contributed by atoms with Crippen molar-refractivity contribution in [3.05, 3.63) is 29.8 Å². The Labute approximate surface area is 112 Å². The molecule has 0 aliphatic heterocycles. The summed E-state index contributed by atoms with van der Waals surface area (Å²) in [6, 6.07) is 8.71. The molecule has 2 heteroatoms. The molecule has 0 heterocycles. The summed E-state index contributed by atoms with van der Waals surface area (Å²) < 4.78 is 6.11. The van der Waals surface area contributed by atoms with E-state index in [1.54, 1.807) is 0 Å². The van der Waals surface area contributed by atoms with E-state index in [0.29, 0.717) is 12.1 Å². The summed E-state index contributed by atoms with van der Waals surface area (Å²) in [7, 11) is 0. The zero-order valence-corrected chi connectivity index (χ0v) is 12.2. The Balaban J connectivity index is 2.78. The summed E-state index contributed by atoms with van der Waals surface area (Å²) in [4.78, 5) is 0. The van der Waals surface area contributed by atoms with Crippen molar-refractivity contribution in [2.24, 2.45) is 0 Å². The molecule has 0 saturated heterocycles. The molecule has 1 atom stereocenters. The molecule has 0 aliphatic carbocycles. The predicted octanol–water partition coefficient (Wildman–Crippen LogP) is 4.31. The van der Waals surface area contributed by atoms with E-state index >= 15 is 0 Å². The van der Waals surface area contributed by atoms with Gasteiger partial charge in [0.2, 0.25) is 0 Å². The third-order valence-corrected chi connectivity index (χ3v) is 3.29. The SMILES string of the molecule is CCCNC(C)c1ccccc1OC(CC)CC. The molecule has 1 N–H and O–H groups in total. The molecule has 0 fully saturated rings. The average Bonchev–Trinajstić information content (AvgIpc) is 2.42. The van der Waals surface area contributed by atoms with Crippen LogP contribution in [-0.4, -0.2) is 12.6 Å². The maximum absolute atomic E-state index is 6.11. The van der Waals surface area contributed by atoms with Gasteiger partial charge in [0.1, 0.15) is 5.75 Å². The van der Waals surface area contributed by atoms with E-state index in [0.717, 1.165) is 31.6 Å². The summed E-state index contributed by atoms with van der Waals surface area (Å²) in [6.45, 7) is 9.78. The third-order valence-electron chi connectivity index (χ3n) is 3.29. The van der Waals surface area contributed by atoms with Crippen LogP contribution in [0.1, 0.15) is 58.6 Å². The lowest BCUT2D eigenvalue weighted by Gasteiger charge is -2.22. The van der Waals surface area contributed by atoms with E-state index < -0.39 is 0 Å². The number of rotatable bonds is 8. The smallest absolute Gasteiger partial charge is 0.124 e. The lowest BCUT2D eigenvalue weighted by molar-refractivity contribution is 0.189. The van der Waals surface area contributed by atoms with Crippen LogP contribution in [0.3, 0.4) is 0 Å². The maximum atomic E-state index is 6.11. The first kappa shape index (κ1) is 15.0. The van der Waals surface area contributed by atoms with E-state index in [4.69, 9.17) is 4.74 Å². The predicted molar refractivity (Wildman–Crippen MR) is 78.1 cm³/mol. The molecule has 0 aromatic heterocycles. The van der Waals surface area contributed by atoms with Crippen LogP contribution in [0.25, 0.3) is 0 Å². The zero-order valence-electron chi connectivity index (χ0n) is 12.2. The normalized spacial score (nSPS) is 12.7. The van der Waals surface area contributed by atoms with Gasteiger partial charge >= 0.3 is 0 Å². The van der Waals surface area contributed by atoms with Gasteiger partial charge < -0.3 is 10.1 Å².